The SMILES string of the molecule is CCN(C(=O)C(C)Sc1nc2sccc2c(=O)n1C)C1CCCCC1. The quantitative estimate of drug-likeness (QED) is 0.588. The highest BCUT2D eigenvalue weighted by atomic mass is 32.2. The lowest BCUT2D eigenvalue weighted by atomic mass is 9.94. The smallest absolute Gasteiger partial charge is 0.262 e. The Kier molecular flexibility index (Phi) is 5.84. The van der Waals surface area contributed by atoms with E-state index in [0.717, 1.165) is 24.2 Å². The third-order valence-electron chi connectivity index (χ3n) is 4.93. The number of hydrogen-bond acceptors (Lipinski definition) is 5. The van der Waals surface area contributed by atoms with Crippen LogP contribution in [-0.4, -0.2) is 38.2 Å². The summed E-state index contributed by atoms with van der Waals surface area (Å²) in [6, 6.07) is 2.17. The van der Waals surface area contributed by atoms with Crippen molar-refractivity contribution in [1.29, 1.82) is 0 Å². The Bertz CT molecular complexity index is 808. The van der Waals surface area contributed by atoms with E-state index in [0.29, 0.717) is 16.6 Å². The van der Waals surface area contributed by atoms with Crippen molar-refractivity contribution in [3.63, 3.8) is 0 Å². The minimum atomic E-state index is -0.252. The Hall–Kier alpha value is -1.34. The van der Waals surface area contributed by atoms with Gasteiger partial charge in [0.1, 0.15) is 4.83 Å². The van der Waals surface area contributed by atoms with Crippen molar-refractivity contribution in [3.8, 4) is 0 Å². The molecule has 7 heteroatoms. The second-order valence-electron chi connectivity index (χ2n) is 6.57. The van der Waals surface area contributed by atoms with Crippen LogP contribution in [0.2, 0.25) is 0 Å². The van der Waals surface area contributed by atoms with E-state index in [2.05, 4.69) is 11.9 Å². The van der Waals surface area contributed by atoms with Gasteiger partial charge < -0.3 is 4.90 Å². The van der Waals surface area contributed by atoms with Crippen LogP contribution in [0.25, 0.3) is 10.2 Å². The van der Waals surface area contributed by atoms with Crippen LogP contribution >= 0.6 is 23.1 Å². The zero-order chi connectivity index (χ0) is 18.0. The number of amides is 1. The summed E-state index contributed by atoms with van der Waals surface area (Å²) >= 11 is 2.85. The zero-order valence-corrected chi connectivity index (χ0v) is 16.7. The van der Waals surface area contributed by atoms with Gasteiger partial charge in [0.2, 0.25) is 5.91 Å². The third kappa shape index (κ3) is 3.77. The first kappa shape index (κ1) is 18.5. The van der Waals surface area contributed by atoms with Crippen LogP contribution in [0, 0.1) is 0 Å². The lowest BCUT2D eigenvalue weighted by molar-refractivity contribution is -0.133. The molecule has 1 aliphatic rings. The van der Waals surface area contributed by atoms with Crippen LogP contribution in [0.4, 0.5) is 0 Å². The van der Waals surface area contributed by atoms with Gasteiger partial charge in [0.05, 0.1) is 10.6 Å². The Morgan fingerprint density at radius 2 is 2.16 bits per heavy atom. The molecule has 0 saturated heterocycles. The van der Waals surface area contributed by atoms with Crippen LogP contribution in [0.1, 0.15) is 46.0 Å². The van der Waals surface area contributed by atoms with Crippen molar-refractivity contribution in [1.82, 2.24) is 14.5 Å². The number of rotatable bonds is 5. The maximum Gasteiger partial charge on any atom is 0.262 e. The first-order valence-corrected chi connectivity index (χ1v) is 10.7. The highest BCUT2D eigenvalue weighted by Gasteiger charge is 2.28. The third-order valence-corrected chi connectivity index (χ3v) is 6.87. The fourth-order valence-corrected chi connectivity index (χ4v) is 5.26. The average Bonchev–Trinajstić information content (AvgIpc) is 3.09. The highest BCUT2D eigenvalue weighted by molar-refractivity contribution is 8.00. The van der Waals surface area contributed by atoms with Crippen LogP contribution in [0.3, 0.4) is 0 Å². The summed E-state index contributed by atoms with van der Waals surface area (Å²) in [6.45, 7) is 4.71. The minimum absolute atomic E-state index is 0.0481. The van der Waals surface area contributed by atoms with Crippen molar-refractivity contribution in [2.24, 2.45) is 7.05 Å². The van der Waals surface area contributed by atoms with E-state index in [1.807, 2.05) is 17.2 Å². The molecule has 0 spiro atoms. The van der Waals surface area contributed by atoms with Crippen LogP contribution in [0.15, 0.2) is 21.4 Å². The molecule has 0 bridgehead atoms. The summed E-state index contributed by atoms with van der Waals surface area (Å²) in [6.07, 6.45) is 5.91. The van der Waals surface area contributed by atoms with Gasteiger partial charge in [0, 0.05) is 19.6 Å². The summed E-state index contributed by atoms with van der Waals surface area (Å²) in [5.74, 6) is 0.153. The molecule has 1 aliphatic carbocycles. The number of hydrogen-bond donors (Lipinski definition) is 0. The number of thioether (sulfide) groups is 1. The normalized spacial score (nSPS) is 16.9. The average molecular weight is 380 g/mol. The largest absolute Gasteiger partial charge is 0.339 e. The lowest BCUT2D eigenvalue weighted by Gasteiger charge is -2.35. The predicted molar refractivity (Wildman–Crippen MR) is 104 cm³/mol. The first-order chi connectivity index (χ1) is 12.0. The molecule has 1 fully saturated rings. The Labute approximate surface area is 156 Å². The van der Waals surface area contributed by atoms with E-state index in [-0.39, 0.29) is 16.7 Å². The van der Waals surface area contributed by atoms with E-state index in [1.165, 1.54) is 42.4 Å². The molecule has 136 valence electrons. The number of carbonyl (C=O) groups excluding carboxylic acids is 1. The van der Waals surface area contributed by atoms with Crippen molar-refractivity contribution < 1.29 is 4.79 Å². The fourth-order valence-electron chi connectivity index (χ4n) is 3.51. The van der Waals surface area contributed by atoms with E-state index in [4.69, 9.17) is 0 Å². The fraction of sp³-hybridized carbons (Fsp3) is 0.611. The molecule has 0 aromatic carbocycles. The molecule has 1 saturated carbocycles. The summed E-state index contributed by atoms with van der Waals surface area (Å²) in [4.78, 5) is 32.8. The lowest BCUT2D eigenvalue weighted by Crippen LogP contribution is -2.44. The van der Waals surface area contributed by atoms with Gasteiger partial charge in [-0.25, -0.2) is 4.98 Å². The molecule has 3 rings (SSSR count). The highest BCUT2D eigenvalue weighted by Crippen LogP contribution is 2.28. The van der Waals surface area contributed by atoms with Gasteiger partial charge in [-0.3, -0.25) is 14.2 Å². The second-order valence-corrected chi connectivity index (χ2v) is 8.78. The van der Waals surface area contributed by atoms with E-state index in [1.54, 1.807) is 17.7 Å². The monoisotopic (exact) mass is 379 g/mol. The van der Waals surface area contributed by atoms with E-state index >= 15 is 0 Å². The molecule has 5 nitrogen and oxygen atoms in total. The molecule has 0 N–H and O–H groups in total. The maximum atomic E-state index is 13.0. The summed E-state index contributed by atoms with van der Waals surface area (Å²) in [5.41, 5.74) is -0.0481. The van der Waals surface area contributed by atoms with Crippen molar-refractivity contribution in [2.75, 3.05) is 6.54 Å². The topological polar surface area (TPSA) is 55.2 Å². The van der Waals surface area contributed by atoms with E-state index < -0.39 is 0 Å². The number of carbonyl (C=O) groups is 1. The van der Waals surface area contributed by atoms with Crippen LogP contribution < -0.4 is 5.56 Å². The standard InChI is InChI=1S/C18H25N3O2S2/c1-4-21(13-8-6-5-7-9-13)16(22)12(2)25-18-19-15-14(10-11-24-15)17(23)20(18)3/h10-13H,4-9H2,1-3H3. The molecule has 2 aromatic rings. The number of thiophene rings is 1. The van der Waals surface area contributed by atoms with Crippen molar-refractivity contribution in [2.45, 2.75) is 62.4 Å². The summed E-state index contributed by atoms with van der Waals surface area (Å²) in [7, 11) is 1.73. The van der Waals surface area contributed by atoms with Gasteiger partial charge in [-0.05, 0) is 38.1 Å². The minimum Gasteiger partial charge on any atom is -0.339 e. The zero-order valence-electron chi connectivity index (χ0n) is 15.0. The molecule has 2 aromatic heterocycles. The second kappa shape index (κ2) is 7.91. The van der Waals surface area contributed by atoms with Crippen molar-refractivity contribution >= 4 is 39.2 Å². The van der Waals surface area contributed by atoms with Gasteiger partial charge in [0.25, 0.3) is 5.56 Å². The molecule has 1 amide bonds. The molecule has 25 heavy (non-hydrogen) atoms. The van der Waals surface area contributed by atoms with Gasteiger partial charge in [0.15, 0.2) is 5.16 Å². The summed E-state index contributed by atoms with van der Waals surface area (Å²) in [5, 5.41) is 2.88. The molecule has 1 atom stereocenters. The van der Waals surface area contributed by atoms with Gasteiger partial charge >= 0.3 is 0 Å². The molecular weight excluding hydrogens is 354 g/mol. The Morgan fingerprint density at radius 3 is 2.84 bits per heavy atom. The first-order valence-electron chi connectivity index (χ1n) is 8.94. The summed E-state index contributed by atoms with van der Waals surface area (Å²) < 4.78 is 1.56. The number of nitrogens with zero attached hydrogens (tertiary/aromatic N) is 3. The molecular formula is C18H25N3O2S2. The number of aromatic nitrogens is 2. The van der Waals surface area contributed by atoms with Gasteiger partial charge in [-0.15, -0.1) is 11.3 Å². The van der Waals surface area contributed by atoms with Crippen LogP contribution in [-0.2, 0) is 11.8 Å². The molecule has 0 aliphatic heterocycles. The maximum absolute atomic E-state index is 13.0. The predicted octanol–water partition coefficient (Wildman–Crippen LogP) is 3.66. The Balaban J connectivity index is 1.78. The van der Waals surface area contributed by atoms with Gasteiger partial charge in [-0.1, -0.05) is 31.0 Å². The van der Waals surface area contributed by atoms with E-state index in [9.17, 15) is 9.59 Å². The van der Waals surface area contributed by atoms with Crippen molar-refractivity contribution in [3.05, 3.63) is 21.8 Å². The Morgan fingerprint density at radius 1 is 1.44 bits per heavy atom. The molecule has 2 heterocycles. The van der Waals surface area contributed by atoms with Crippen LogP contribution in [0.5, 0.6) is 0 Å². The number of fused-ring (bicyclic) bond motifs is 1. The molecule has 0 radical (unpaired) electrons. The molecule has 1 unspecified atom stereocenters. The van der Waals surface area contributed by atoms with Gasteiger partial charge in [-0.2, -0.15) is 0 Å².